The lowest BCUT2D eigenvalue weighted by molar-refractivity contribution is 0.819. The van der Waals surface area contributed by atoms with Gasteiger partial charge in [0.25, 0.3) is 0 Å². The molecule has 0 amide bonds. The van der Waals surface area contributed by atoms with Crippen LogP contribution < -0.4 is 0 Å². The summed E-state index contributed by atoms with van der Waals surface area (Å²) in [5.74, 6) is 0. The van der Waals surface area contributed by atoms with Crippen LogP contribution in [0.4, 0.5) is 0 Å². The van der Waals surface area contributed by atoms with Gasteiger partial charge in [0, 0.05) is 0 Å². The normalized spacial score (nSPS) is 11.5. The number of hydrogen-bond acceptors (Lipinski definition) is 2. The van der Waals surface area contributed by atoms with Crippen molar-refractivity contribution >= 4 is 17.1 Å². The maximum atomic E-state index is 4.27. The highest BCUT2D eigenvalue weighted by Crippen LogP contribution is 2.20. The molecule has 1 heterocycles. The fourth-order valence-electron chi connectivity index (χ4n) is 2.20. The summed E-state index contributed by atoms with van der Waals surface area (Å²) in [6, 6.07) is 14.4. The van der Waals surface area contributed by atoms with E-state index in [9.17, 15) is 0 Å². The molecule has 0 bridgehead atoms. The predicted molar refractivity (Wildman–Crippen MR) is 78.3 cm³/mol. The summed E-state index contributed by atoms with van der Waals surface area (Å²) in [6.45, 7) is 4.11. The molecule has 0 aliphatic carbocycles. The Morgan fingerprint density at radius 3 is 2.79 bits per heavy atom. The van der Waals surface area contributed by atoms with Crippen LogP contribution in [0.2, 0.25) is 0 Å². The smallest absolute Gasteiger partial charge is 0.113 e. The second kappa shape index (κ2) is 4.69. The van der Waals surface area contributed by atoms with E-state index in [1.807, 2.05) is 41.9 Å². The number of aryl methyl sites for hydroxylation is 1. The van der Waals surface area contributed by atoms with Gasteiger partial charge in [0.05, 0.1) is 11.2 Å². The molecule has 0 spiro atoms. The number of hydrogen-bond donors (Lipinski definition) is 0. The second-order valence-corrected chi connectivity index (χ2v) is 4.54. The molecule has 3 nitrogen and oxygen atoms in total. The Bertz CT molecular complexity index is 754. The Kier molecular flexibility index (Phi) is 2.88. The minimum Gasteiger partial charge on any atom is -0.213 e. The van der Waals surface area contributed by atoms with E-state index in [-0.39, 0.29) is 0 Å². The standard InChI is InChI=1S/C16H15N3/c1-3-6-13-10-9-12(2)16(11-13)19-15-8-5-4-7-14(15)17-18-19/h3-11H,1-2H3. The number of allylic oxidation sites excluding steroid dienone is 1. The Balaban J connectivity index is 2.23. The van der Waals surface area contributed by atoms with Crippen LogP contribution in [0.15, 0.2) is 48.5 Å². The van der Waals surface area contributed by atoms with Crippen molar-refractivity contribution in [3.05, 3.63) is 59.7 Å². The van der Waals surface area contributed by atoms with Crippen molar-refractivity contribution in [3.8, 4) is 5.69 Å². The Morgan fingerprint density at radius 1 is 1.11 bits per heavy atom. The molecular formula is C16H15N3. The van der Waals surface area contributed by atoms with Crippen molar-refractivity contribution in [1.29, 1.82) is 0 Å². The molecule has 0 saturated carbocycles. The van der Waals surface area contributed by atoms with Gasteiger partial charge in [-0.25, -0.2) is 4.68 Å². The van der Waals surface area contributed by atoms with Gasteiger partial charge in [-0.1, -0.05) is 41.6 Å². The first kappa shape index (κ1) is 11.7. The number of rotatable bonds is 2. The Hall–Kier alpha value is -2.42. The molecule has 0 atom stereocenters. The van der Waals surface area contributed by atoms with Gasteiger partial charge in [0.15, 0.2) is 0 Å². The molecule has 0 aliphatic rings. The van der Waals surface area contributed by atoms with Gasteiger partial charge in [-0.2, -0.15) is 0 Å². The summed E-state index contributed by atoms with van der Waals surface area (Å²) in [6.07, 6.45) is 4.12. The highest BCUT2D eigenvalue weighted by atomic mass is 15.4. The van der Waals surface area contributed by atoms with Crippen molar-refractivity contribution in [2.24, 2.45) is 0 Å². The molecule has 0 N–H and O–H groups in total. The zero-order valence-electron chi connectivity index (χ0n) is 11.0. The molecule has 94 valence electrons. The molecule has 1 aromatic heterocycles. The van der Waals surface area contributed by atoms with E-state index in [4.69, 9.17) is 0 Å². The maximum absolute atomic E-state index is 4.27. The third-order valence-electron chi connectivity index (χ3n) is 3.17. The Morgan fingerprint density at radius 2 is 1.95 bits per heavy atom. The van der Waals surface area contributed by atoms with E-state index in [0.29, 0.717) is 0 Å². The van der Waals surface area contributed by atoms with Crippen LogP contribution in [-0.2, 0) is 0 Å². The molecule has 2 aromatic carbocycles. The third-order valence-corrected chi connectivity index (χ3v) is 3.17. The summed E-state index contributed by atoms with van der Waals surface area (Å²) in [5.41, 5.74) is 5.37. The van der Waals surface area contributed by atoms with Gasteiger partial charge in [-0.3, -0.25) is 0 Å². The Labute approximate surface area is 112 Å². The molecule has 0 radical (unpaired) electrons. The van der Waals surface area contributed by atoms with Gasteiger partial charge in [0.2, 0.25) is 0 Å². The average Bonchev–Trinajstić information content (AvgIpc) is 2.85. The van der Waals surface area contributed by atoms with Crippen LogP contribution in [-0.4, -0.2) is 15.0 Å². The van der Waals surface area contributed by atoms with Crippen LogP contribution in [0.25, 0.3) is 22.8 Å². The van der Waals surface area contributed by atoms with Gasteiger partial charge < -0.3 is 0 Å². The predicted octanol–water partition coefficient (Wildman–Crippen LogP) is 3.76. The van der Waals surface area contributed by atoms with Gasteiger partial charge in [0.1, 0.15) is 5.52 Å². The lowest BCUT2D eigenvalue weighted by atomic mass is 10.1. The first-order valence-electron chi connectivity index (χ1n) is 6.34. The first-order chi connectivity index (χ1) is 9.29. The highest BCUT2D eigenvalue weighted by Gasteiger charge is 2.08. The molecule has 0 aliphatic heterocycles. The molecular weight excluding hydrogens is 234 g/mol. The molecule has 3 heteroatoms. The number of aromatic nitrogens is 3. The van der Waals surface area contributed by atoms with E-state index >= 15 is 0 Å². The number of benzene rings is 2. The van der Waals surface area contributed by atoms with E-state index < -0.39 is 0 Å². The second-order valence-electron chi connectivity index (χ2n) is 4.54. The SMILES string of the molecule is CC=Cc1ccc(C)c(-n2nnc3ccccc32)c1. The van der Waals surface area contributed by atoms with Crippen molar-refractivity contribution in [3.63, 3.8) is 0 Å². The quantitative estimate of drug-likeness (QED) is 0.692. The summed E-state index contributed by atoms with van der Waals surface area (Å²) in [5, 5.41) is 8.48. The number of fused-ring (bicyclic) bond motifs is 1. The van der Waals surface area contributed by atoms with E-state index in [1.54, 1.807) is 0 Å². The molecule has 0 fully saturated rings. The monoisotopic (exact) mass is 249 g/mol. The third kappa shape index (κ3) is 2.03. The summed E-state index contributed by atoms with van der Waals surface area (Å²) >= 11 is 0. The fourth-order valence-corrected chi connectivity index (χ4v) is 2.20. The summed E-state index contributed by atoms with van der Waals surface area (Å²) in [4.78, 5) is 0. The summed E-state index contributed by atoms with van der Waals surface area (Å²) in [7, 11) is 0. The van der Waals surface area contributed by atoms with Crippen LogP contribution in [0, 0.1) is 6.92 Å². The van der Waals surface area contributed by atoms with Gasteiger partial charge in [-0.05, 0) is 43.2 Å². The first-order valence-corrected chi connectivity index (χ1v) is 6.34. The van der Waals surface area contributed by atoms with Crippen LogP contribution in [0.5, 0.6) is 0 Å². The molecule has 3 aromatic rings. The lowest BCUT2D eigenvalue weighted by Gasteiger charge is -2.07. The minimum atomic E-state index is 0.915. The minimum absolute atomic E-state index is 0.915. The molecule has 3 rings (SSSR count). The zero-order valence-corrected chi connectivity index (χ0v) is 11.0. The average molecular weight is 249 g/mol. The van der Waals surface area contributed by atoms with Crippen molar-refractivity contribution < 1.29 is 0 Å². The largest absolute Gasteiger partial charge is 0.213 e. The topological polar surface area (TPSA) is 30.7 Å². The number of nitrogens with zero attached hydrogens (tertiary/aromatic N) is 3. The van der Waals surface area contributed by atoms with Crippen molar-refractivity contribution in [2.45, 2.75) is 13.8 Å². The lowest BCUT2D eigenvalue weighted by Crippen LogP contribution is -1.99. The van der Waals surface area contributed by atoms with Crippen LogP contribution >= 0.6 is 0 Å². The highest BCUT2D eigenvalue weighted by molar-refractivity contribution is 5.76. The van der Waals surface area contributed by atoms with Crippen molar-refractivity contribution in [2.75, 3.05) is 0 Å². The van der Waals surface area contributed by atoms with E-state index in [1.165, 1.54) is 11.1 Å². The van der Waals surface area contributed by atoms with E-state index in [0.717, 1.165) is 16.7 Å². The van der Waals surface area contributed by atoms with Gasteiger partial charge >= 0.3 is 0 Å². The molecule has 0 saturated heterocycles. The van der Waals surface area contributed by atoms with E-state index in [2.05, 4.69) is 41.5 Å². The summed E-state index contributed by atoms with van der Waals surface area (Å²) < 4.78 is 1.90. The number of para-hydroxylation sites is 1. The maximum Gasteiger partial charge on any atom is 0.113 e. The zero-order chi connectivity index (χ0) is 13.2. The molecule has 0 unspecified atom stereocenters. The van der Waals surface area contributed by atoms with Crippen LogP contribution in [0.1, 0.15) is 18.1 Å². The fraction of sp³-hybridized carbons (Fsp3) is 0.125. The van der Waals surface area contributed by atoms with Gasteiger partial charge in [-0.15, -0.1) is 5.10 Å². The molecule has 19 heavy (non-hydrogen) atoms. The van der Waals surface area contributed by atoms with Crippen molar-refractivity contribution in [1.82, 2.24) is 15.0 Å². The van der Waals surface area contributed by atoms with Crippen LogP contribution in [0.3, 0.4) is 0 Å².